The van der Waals surface area contributed by atoms with Crippen LogP contribution in [0.5, 0.6) is 5.88 Å². The molecule has 0 spiro atoms. The average molecular weight is 443 g/mol. The van der Waals surface area contributed by atoms with Gasteiger partial charge < -0.3 is 15.2 Å². The highest BCUT2D eigenvalue weighted by Gasteiger charge is 2.29. The van der Waals surface area contributed by atoms with Crippen LogP contribution in [0.4, 0.5) is 14.7 Å². The predicted molar refractivity (Wildman–Crippen MR) is 113 cm³/mol. The van der Waals surface area contributed by atoms with Crippen molar-refractivity contribution in [2.45, 2.75) is 50.7 Å². The zero-order valence-corrected chi connectivity index (χ0v) is 17.4. The summed E-state index contributed by atoms with van der Waals surface area (Å²) in [4.78, 5) is 8.55. The van der Waals surface area contributed by atoms with E-state index >= 15 is 0 Å². The number of aromatic nitrogens is 6. The maximum Gasteiger partial charge on any atom is 0.272 e. The van der Waals surface area contributed by atoms with E-state index in [1.54, 1.807) is 21.4 Å². The van der Waals surface area contributed by atoms with E-state index in [0.717, 1.165) is 24.0 Å². The Bertz CT molecular complexity index is 1240. The number of aliphatic hydroxyl groups is 1. The molecular formula is C21H23F2N7O2. The van der Waals surface area contributed by atoms with Crippen molar-refractivity contribution in [3.8, 4) is 17.0 Å². The van der Waals surface area contributed by atoms with E-state index in [4.69, 9.17) is 4.74 Å². The van der Waals surface area contributed by atoms with E-state index in [2.05, 4.69) is 25.5 Å². The summed E-state index contributed by atoms with van der Waals surface area (Å²) >= 11 is 0. The molecule has 0 amide bonds. The number of nitrogens with zero attached hydrogens (tertiary/aromatic N) is 6. The Labute approximate surface area is 182 Å². The Morgan fingerprint density at radius 2 is 2.06 bits per heavy atom. The number of anilines is 1. The first-order valence-corrected chi connectivity index (χ1v) is 10.5. The largest absolute Gasteiger partial charge is 0.470 e. The van der Waals surface area contributed by atoms with Crippen LogP contribution in [0.1, 0.15) is 32.6 Å². The van der Waals surface area contributed by atoms with E-state index in [0.29, 0.717) is 30.0 Å². The monoisotopic (exact) mass is 443 g/mol. The van der Waals surface area contributed by atoms with Crippen molar-refractivity contribution in [1.29, 1.82) is 0 Å². The zero-order valence-electron chi connectivity index (χ0n) is 17.4. The molecule has 4 aromatic rings. The normalized spacial score (nSPS) is 21.5. The number of pyridine rings is 1. The van der Waals surface area contributed by atoms with Crippen LogP contribution < -0.4 is 10.1 Å². The van der Waals surface area contributed by atoms with Gasteiger partial charge in [0, 0.05) is 29.6 Å². The van der Waals surface area contributed by atoms with Gasteiger partial charge in [-0.1, -0.05) is 0 Å². The lowest BCUT2D eigenvalue weighted by Crippen LogP contribution is -2.36. The van der Waals surface area contributed by atoms with Crippen molar-refractivity contribution in [2.24, 2.45) is 0 Å². The van der Waals surface area contributed by atoms with Crippen LogP contribution in [-0.4, -0.2) is 59.0 Å². The number of ether oxygens (including phenoxy) is 1. The topological polar surface area (TPSA) is 102 Å². The van der Waals surface area contributed by atoms with Gasteiger partial charge in [0.15, 0.2) is 12.3 Å². The van der Waals surface area contributed by atoms with Crippen LogP contribution in [-0.2, 0) is 0 Å². The van der Waals surface area contributed by atoms with E-state index in [1.807, 2.05) is 25.1 Å². The van der Waals surface area contributed by atoms with E-state index < -0.39 is 18.6 Å². The highest BCUT2D eigenvalue weighted by atomic mass is 19.3. The van der Waals surface area contributed by atoms with Crippen LogP contribution in [0.3, 0.4) is 0 Å². The molecule has 168 valence electrons. The van der Waals surface area contributed by atoms with Gasteiger partial charge in [0.2, 0.25) is 11.8 Å². The molecule has 0 atom stereocenters. The van der Waals surface area contributed by atoms with Crippen molar-refractivity contribution >= 4 is 17.1 Å². The highest BCUT2D eigenvalue weighted by molar-refractivity contribution is 5.84. The number of hydrogen-bond donors (Lipinski definition) is 2. The Morgan fingerprint density at radius 1 is 1.25 bits per heavy atom. The van der Waals surface area contributed by atoms with Gasteiger partial charge in [0.25, 0.3) is 6.43 Å². The summed E-state index contributed by atoms with van der Waals surface area (Å²) in [6, 6.07) is 5.61. The lowest BCUT2D eigenvalue weighted by molar-refractivity contribution is 0.0195. The third-order valence-electron chi connectivity index (χ3n) is 5.81. The summed E-state index contributed by atoms with van der Waals surface area (Å²) in [6.45, 7) is 1.06. The summed E-state index contributed by atoms with van der Waals surface area (Å²) < 4.78 is 34.5. The summed E-state index contributed by atoms with van der Waals surface area (Å²) in [5.74, 6) is 0.367. The molecule has 1 saturated carbocycles. The molecule has 11 heteroatoms. The minimum absolute atomic E-state index is 0.0734. The molecule has 9 nitrogen and oxygen atoms in total. The zero-order chi connectivity index (χ0) is 22.3. The summed E-state index contributed by atoms with van der Waals surface area (Å²) in [5, 5.41) is 22.1. The minimum atomic E-state index is -2.63. The van der Waals surface area contributed by atoms with E-state index in [1.165, 1.54) is 6.33 Å². The smallest absolute Gasteiger partial charge is 0.272 e. The van der Waals surface area contributed by atoms with Crippen LogP contribution in [0.25, 0.3) is 22.3 Å². The van der Waals surface area contributed by atoms with Gasteiger partial charge in [-0.25, -0.2) is 22.8 Å². The number of alkyl halides is 2. The molecule has 5 rings (SSSR count). The second-order valence-electron chi connectivity index (χ2n) is 8.36. The summed E-state index contributed by atoms with van der Waals surface area (Å²) in [6.07, 6.45) is 5.22. The van der Waals surface area contributed by atoms with Crippen LogP contribution in [0.15, 0.2) is 36.9 Å². The van der Waals surface area contributed by atoms with Gasteiger partial charge in [0.05, 0.1) is 5.60 Å². The van der Waals surface area contributed by atoms with Gasteiger partial charge in [0.1, 0.15) is 11.8 Å². The Hall–Kier alpha value is -3.34. The second kappa shape index (κ2) is 7.97. The van der Waals surface area contributed by atoms with Gasteiger partial charge in [-0.3, -0.25) is 0 Å². The number of hydrogen-bond acceptors (Lipinski definition) is 7. The lowest BCUT2D eigenvalue weighted by atomic mass is 9.84. The second-order valence-corrected chi connectivity index (χ2v) is 8.36. The molecule has 0 unspecified atom stereocenters. The van der Waals surface area contributed by atoms with Crippen molar-refractivity contribution < 1.29 is 18.6 Å². The highest BCUT2D eigenvalue weighted by Crippen LogP contribution is 2.33. The van der Waals surface area contributed by atoms with Gasteiger partial charge in [-0.05, 0) is 50.8 Å². The molecule has 1 aliphatic carbocycles. The van der Waals surface area contributed by atoms with Gasteiger partial charge in [-0.2, -0.15) is 10.1 Å². The lowest BCUT2D eigenvalue weighted by Gasteiger charge is -2.33. The first-order valence-electron chi connectivity index (χ1n) is 10.5. The van der Waals surface area contributed by atoms with Crippen molar-refractivity contribution in [3.05, 3.63) is 36.9 Å². The Morgan fingerprint density at radius 3 is 2.84 bits per heavy atom. The number of fused-ring (bicyclic) bond motifs is 2. The SMILES string of the molecule is C[C@]1(O)CC[C@H](Nc2nc(OCC(F)F)c3c(-c4ccc5ncnn5c4)ccn3n2)CC1. The molecule has 1 aliphatic rings. The van der Waals surface area contributed by atoms with E-state index in [9.17, 15) is 13.9 Å². The molecule has 0 aromatic carbocycles. The van der Waals surface area contributed by atoms with Crippen molar-refractivity contribution in [2.75, 3.05) is 11.9 Å². The summed E-state index contributed by atoms with van der Waals surface area (Å²) in [7, 11) is 0. The maximum absolute atomic E-state index is 12.9. The fourth-order valence-electron chi connectivity index (χ4n) is 4.07. The van der Waals surface area contributed by atoms with Crippen LogP contribution in [0.2, 0.25) is 0 Å². The van der Waals surface area contributed by atoms with Crippen molar-refractivity contribution in [1.82, 2.24) is 29.2 Å². The van der Waals surface area contributed by atoms with Gasteiger partial charge >= 0.3 is 0 Å². The first-order chi connectivity index (χ1) is 15.4. The molecule has 0 saturated heterocycles. The van der Waals surface area contributed by atoms with Crippen LogP contribution in [0, 0.1) is 0 Å². The fourth-order valence-corrected chi connectivity index (χ4v) is 4.07. The Kier molecular flexibility index (Phi) is 5.12. The number of rotatable bonds is 6. The molecule has 0 radical (unpaired) electrons. The maximum atomic E-state index is 12.9. The first kappa shape index (κ1) is 20.6. The predicted octanol–water partition coefficient (Wildman–Crippen LogP) is 3.19. The molecule has 32 heavy (non-hydrogen) atoms. The quantitative estimate of drug-likeness (QED) is 0.472. The molecule has 0 bridgehead atoms. The minimum Gasteiger partial charge on any atom is -0.470 e. The van der Waals surface area contributed by atoms with Crippen molar-refractivity contribution in [3.63, 3.8) is 0 Å². The Balaban J connectivity index is 1.51. The molecule has 4 heterocycles. The van der Waals surface area contributed by atoms with Gasteiger partial charge in [-0.15, -0.1) is 5.10 Å². The molecule has 2 N–H and O–H groups in total. The summed E-state index contributed by atoms with van der Waals surface area (Å²) in [5.41, 5.74) is 2.05. The number of nitrogens with one attached hydrogen (secondary N) is 1. The van der Waals surface area contributed by atoms with Crippen LogP contribution >= 0.6 is 0 Å². The van der Waals surface area contributed by atoms with E-state index in [-0.39, 0.29) is 11.9 Å². The number of halogens is 2. The molecular weight excluding hydrogens is 420 g/mol. The third-order valence-corrected chi connectivity index (χ3v) is 5.81. The molecule has 0 aliphatic heterocycles. The standard InChI is InChI=1S/C21H23F2N7O2/c1-21(31)7-4-14(5-8-21)26-20-27-19(32-11-16(22)23)18-15(6-9-29(18)28-20)13-2-3-17-24-12-25-30(17)10-13/h2-3,6,9-10,12,14,16,31H,4-5,7-8,11H2,1H3,(H,26,28)/t14-,21-. The molecule has 1 fully saturated rings. The average Bonchev–Trinajstić information content (AvgIpc) is 3.40. The third kappa shape index (κ3) is 4.07. The molecule has 4 aromatic heterocycles. The fraction of sp³-hybridized carbons (Fsp3) is 0.429.